The third kappa shape index (κ3) is 6.04. The van der Waals surface area contributed by atoms with E-state index in [1.807, 2.05) is 0 Å². The number of anilines is 1. The van der Waals surface area contributed by atoms with Crippen LogP contribution in [0.25, 0.3) is 6.08 Å². The molecule has 3 aromatic carbocycles. The van der Waals surface area contributed by atoms with Crippen molar-refractivity contribution in [3.8, 4) is 5.75 Å². The van der Waals surface area contributed by atoms with E-state index in [0.717, 1.165) is 0 Å². The lowest BCUT2D eigenvalue weighted by Crippen LogP contribution is -2.31. The van der Waals surface area contributed by atoms with Crippen LogP contribution >= 0.6 is 0 Å². The van der Waals surface area contributed by atoms with Gasteiger partial charge < -0.3 is 20.1 Å². The minimum atomic E-state index is -0.649. The molecule has 0 unspecified atom stereocenters. The molecular formula is C25H21FN2O5. The Morgan fingerprint density at radius 1 is 0.909 bits per heavy atom. The Bertz CT molecular complexity index is 1210. The zero-order valence-corrected chi connectivity index (χ0v) is 17.9. The van der Waals surface area contributed by atoms with Gasteiger partial charge in [0.1, 0.15) is 17.3 Å². The molecule has 0 aliphatic carbocycles. The van der Waals surface area contributed by atoms with E-state index in [0.29, 0.717) is 17.0 Å². The summed E-state index contributed by atoms with van der Waals surface area (Å²) in [6.07, 6.45) is 1.41. The van der Waals surface area contributed by atoms with Gasteiger partial charge in [-0.1, -0.05) is 30.3 Å². The largest absolute Gasteiger partial charge is 0.496 e. The predicted octanol–water partition coefficient (Wildman–Crippen LogP) is 4.03. The molecule has 0 aliphatic heterocycles. The number of nitrogens with one attached hydrogen (secondary N) is 2. The Balaban J connectivity index is 1.91. The number of benzene rings is 3. The SMILES string of the molecule is COC(=O)c1cccc(NC(=O)C(=Cc2ccc(F)cc2)NC(=O)c2ccccc2OC)c1. The summed E-state index contributed by atoms with van der Waals surface area (Å²) < 4.78 is 23.2. The van der Waals surface area contributed by atoms with Gasteiger partial charge in [0.05, 0.1) is 25.3 Å². The van der Waals surface area contributed by atoms with Crippen molar-refractivity contribution in [1.29, 1.82) is 0 Å². The van der Waals surface area contributed by atoms with Crippen molar-refractivity contribution in [3.05, 3.63) is 101 Å². The Hall–Kier alpha value is -4.46. The third-order valence-corrected chi connectivity index (χ3v) is 4.57. The zero-order valence-electron chi connectivity index (χ0n) is 17.9. The van der Waals surface area contributed by atoms with E-state index in [-0.39, 0.29) is 16.8 Å². The summed E-state index contributed by atoms with van der Waals surface area (Å²) in [6.45, 7) is 0. The second-order valence-electron chi connectivity index (χ2n) is 6.79. The number of methoxy groups -OCH3 is 2. The molecule has 8 heteroatoms. The molecule has 2 N–H and O–H groups in total. The van der Waals surface area contributed by atoms with Crippen LogP contribution < -0.4 is 15.4 Å². The molecule has 3 rings (SSSR count). The van der Waals surface area contributed by atoms with Crippen LogP contribution in [0.15, 0.2) is 78.5 Å². The number of hydrogen-bond acceptors (Lipinski definition) is 5. The van der Waals surface area contributed by atoms with E-state index in [4.69, 9.17) is 9.47 Å². The molecule has 0 saturated carbocycles. The van der Waals surface area contributed by atoms with Gasteiger partial charge in [0, 0.05) is 5.69 Å². The normalized spacial score (nSPS) is 10.8. The molecule has 168 valence electrons. The maximum absolute atomic E-state index is 13.3. The minimum absolute atomic E-state index is 0.0963. The second-order valence-corrected chi connectivity index (χ2v) is 6.79. The molecule has 0 atom stereocenters. The van der Waals surface area contributed by atoms with Crippen LogP contribution in [-0.2, 0) is 9.53 Å². The Morgan fingerprint density at radius 3 is 2.33 bits per heavy atom. The van der Waals surface area contributed by atoms with Crippen LogP contribution in [0.3, 0.4) is 0 Å². The lowest BCUT2D eigenvalue weighted by Gasteiger charge is -2.13. The van der Waals surface area contributed by atoms with Gasteiger partial charge in [0.2, 0.25) is 0 Å². The van der Waals surface area contributed by atoms with Crippen molar-refractivity contribution in [1.82, 2.24) is 5.32 Å². The van der Waals surface area contributed by atoms with Gasteiger partial charge in [-0.3, -0.25) is 9.59 Å². The van der Waals surface area contributed by atoms with E-state index in [9.17, 15) is 18.8 Å². The minimum Gasteiger partial charge on any atom is -0.496 e. The Kier molecular flexibility index (Phi) is 7.54. The number of esters is 1. The summed E-state index contributed by atoms with van der Waals surface area (Å²) in [4.78, 5) is 37.7. The van der Waals surface area contributed by atoms with Gasteiger partial charge in [0.15, 0.2) is 0 Å². The summed E-state index contributed by atoms with van der Waals surface area (Å²) in [5, 5.41) is 5.23. The predicted molar refractivity (Wildman–Crippen MR) is 121 cm³/mol. The number of carbonyl (C=O) groups excluding carboxylic acids is 3. The number of ether oxygens (including phenoxy) is 2. The maximum atomic E-state index is 13.3. The van der Waals surface area contributed by atoms with Crippen molar-refractivity contribution in [2.45, 2.75) is 0 Å². The fourth-order valence-corrected chi connectivity index (χ4v) is 2.95. The molecular weight excluding hydrogens is 427 g/mol. The molecule has 33 heavy (non-hydrogen) atoms. The zero-order chi connectivity index (χ0) is 23.8. The molecule has 0 aliphatic rings. The van der Waals surface area contributed by atoms with Crippen molar-refractivity contribution in [2.24, 2.45) is 0 Å². The van der Waals surface area contributed by atoms with Crippen molar-refractivity contribution in [3.63, 3.8) is 0 Å². The van der Waals surface area contributed by atoms with E-state index in [1.165, 1.54) is 50.6 Å². The maximum Gasteiger partial charge on any atom is 0.337 e. The van der Waals surface area contributed by atoms with Crippen molar-refractivity contribution >= 4 is 29.5 Å². The average molecular weight is 448 g/mol. The molecule has 0 radical (unpaired) electrons. The van der Waals surface area contributed by atoms with E-state index < -0.39 is 23.6 Å². The monoisotopic (exact) mass is 448 g/mol. The number of amides is 2. The van der Waals surface area contributed by atoms with Crippen LogP contribution in [0, 0.1) is 5.82 Å². The number of hydrogen-bond donors (Lipinski definition) is 2. The van der Waals surface area contributed by atoms with Crippen LogP contribution in [0.1, 0.15) is 26.3 Å². The summed E-state index contributed by atoms with van der Waals surface area (Å²) in [5.74, 6) is -1.88. The highest BCUT2D eigenvalue weighted by molar-refractivity contribution is 6.11. The highest BCUT2D eigenvalue weighted by Crippen LogP contribution is 2.19. The number of halogens is 1. The standard InChI is InChI=1S/C25H21FN2O5/c1-32-22-9-4-3-8-20(22)23(29)28-21(14-16-10-12-18(26)13-11-16)24(30)27-19-7-5-6-17(15-19)25(31)33-2/h3-15H,1-2H3,(H,27,30)(H,28,29). The summed E-state index contributed by atoms with van der Waals surface area (Å²) >= 11 is 0. The van der Waals surface area contributed by atoms with Crippen LogP contribution in [0.4, 0.5) is 10.1 Å². The second kappa shape index (κ2) is 10.7. The average Bonchev–Trinajstić information content (AvgIpc) is 2.84. The summed E-state index contributed by atoms with van der Waals surface area (Å²) in [7, 11) is 2.69. The van der Waals surface area contributed by atoms with Gasteiger partial charge in [0.25, 0.3) is 11.8 Å². The number of rotatable bonds is 7. The topological polar surface area (TPSA) is 93.7 Å². The molecule has 0 bridgehead atoms. The molecule has 0 fully saturated rings. The molecule has 7 nitrogen and oxygen atoms in total. The van der Waals surface area contributed by atoms with Crippen molar-refractivity contribution < 1.29 is 28.2 Å². The molecule has 0 saturated heterocycles. The summed E-state index contributed by atoms with van der Waals surface area (Å²) in [6, 6.07) is 18.1. The van der Waals surface area contributed by atoms with Gasteiger partial charge in [-0.05, 0) is 54.1 Å². The Labute approximate surface area is 189 Å². The lowest BCUT2D eigenvalue weighted by atomic mass is 10.1. The first kappa shape index (κ1) is 23.2. The van der Waals surface area contributed by atoms with Crippen LogP contribution in [-0.4, -0.2) is 32.0 Å². The number of para-hydroxylation sites is 1. The van der Waals surface area contributed by atoms with Gasteiger partial charge >= 0.3 is 5.97 Å². The molecule has 3 aromatic rings. The molecule has 0 spiro atoms. The first-order valence-electron chi connectivity index (χ1n) is 9.82. The first-order chi connectivity index (χ1) is 15.9. The highest BCUT2D eigenvalue weighted by atomic mass is 19.1. The lowest BCUT2D eigenvalue weighted by molar-refractivity contribution is -0.113. The summed E-state index contributed by atoms with van der Waals surface area (Å²) in [5.41, 5.74) is 1.19. The quantitative estimate of drug-likeness (QED) is 0.421. The first-order valence-corrected chi connectivity index (χ1v) is 9.82. The highest BCUT2D eigenvalue weighted by Gasteiger charge is 2.18. The molecule has 2 amide bonds. The van der Waals surface area contributed by atoms with E-state index in [1.54, 1.807) is 42.5 Å². The Morgan fingerprint density at radius 2 is 1.64 bits per heavy atom. The van der Waals surface area contributed by atoms with E-state index >= 15 is 0 Å². The van der Waals surface area contributed by atoms with Gasteiger partial charge in [-0.25, -0.2) is 9.18 Å². The smallest absolute Gasteiger partial charge is 0.337 e. The fraction of sp³-hybridized carbons (Fsp3) is 0.0800. The van der Waals surface area contributed by atoms with Crippen LogP contribution in [0.2, 0.25) is 0 Å². The fourth-order valence-electron chi connectivity index (χ4n) is 2.95. The van der Waals surface area contributed by atoms with E-state index in [2.05, 4.69) is 10.6 Å². The number of carbonyl (C=O) groups is 3. The molecule has 0 aromatic heterocycles. The third-order valence-electron chi connectivity index (χ3n) is 4.57. The van der Waals surface area contributed by atoms with Crippen molar-refractivity contribution in [2.75, 3.05) is 19.5 Å². The molecule has 0 heterocycles. The van der Waals surface area contributed by atoms with Crippen LogP contribution in [0.5, 0.6) is 5.75 Å². The van der Waals surface area contributed by atoms with Gasteiger partial charge in [-0.15, -0.1) is 0 Å². The van der Waals surface area contributed by atoms with Gasteiger partial charge in [-0.2, -0.15) is 0 Å².